The molecule has 0 aromatic carbocycles. The molecular formula is C62H106N6. The number of fused-ring (bicyclic) bond motifs is 9. The van der Waals surface area contributed by atoms with Gasteiger partial charge in [0, 0.05) is 60.4 Å². The summed E-state index contributed by atoms with van der Waals surface area (Å²) in [5.41, 5.74) is 0. The lowest BCUT2D eigenvalue weighted by atomic mass is 9.57. The Labute approximate surface area is 418 Å². The van der Waals surface area contributed by atoms with E-state index in [1.807, 2.05) is 0 Å². The van der Waals surface area contributed by atoms with Gasteiger partial charge in [-0.3, -0.25) is 9.80 Å². The molecule has 6 aliphatic heterocycles. The van der Waals surface area contributed by atoms with Gasteiger partial charge in [-0.1, -0.05) is 53.4 Å². The average Bonchev–Trinajstić information content (AvgIpc) is 3.89. The minimum atomic E-state index is 0.735. The number of nitrogens with zero attached hydrogens (tertiary/aromatic N) is 2. The van der Waals surface area contributed by atoms with Crippen molar-refractivity contribution in [1.82, 2.24) is 31.1 Å². The molecule has 4 N–H and O–H groups in total. The van der Waals surface area contributed by atoms with Gasteiger partial charge in [-0.25, -0.2) is 0 Å². The highest BCUT2D eigenvalue weighted by Crippen LogP contribution is 2.62. The molecule has 0 bridgehead atoms. The fourth-order valence-electron chi connectivity index (χ4n) is 23.9. The van der Waals surface area contributed by atoms with Gasteiger partial charge in [0.2, 0.25) is 0 Å². The second kappa shape index (κ2) is 20.1. The fourth-order valence-corrected chi connectivity index (χ4v) is 23.9. The maximum absolute atomic E-state index is 4.05. The summed E-state index contributed by atoms with van der Waals surface area (Å²) in [6, 6.07) is 8.44. The second-order valence-electron chi connectivity index (χ2n) is 28.7. The largest absolute Gasteiger partial charge is 0.312 e. The first-order valence-electron chi connectivity index (χ1n) is 31.9. The van der Waals surface area contributed by atoms with Gasteiger partial charge in [0.25, 0.3) is 0 Å². The first-order chi connectivity index (χ1) is 33.4. The number of hydrogen-bond acceptors (Lipinski definition) is 6. The van der Waals surface area contributed by atoms with Gasteiger partial charge in [-0.15, -0.1) is 0 Å². The molecule has 13 rings (SSSR count). The van der Waals surface area contributed by atoms with Crippen LogP contribution in [0.1, 0.15) is 207 Å². The molecule has 18 atom stereocenters. The van der Waals surface area contributed by atoms with Crippen LogP contribution in [0, 0.1) is 94.7 Å². The Morgan fingerprint density at radius 1 is 0.294 bits per heavy atom. The first-order valence-corrected chi connectivity index (χ1v) is 31.9. The maximum Gasteiger partial charge on any atom is 0.0252 e. The molecule has 18 unspecified atom stereocenters. The third kappa shape index (κ3) is 8.44. The van der Waals surface area contributed by atoms with Crippen LogP contribution in [0.4, 0.5) is 0 Å². The predicted molar refractivity (Wildman–Crippen MR) is 281 cm³/mol. The molecule has 6 saturated heterocycles. The molecule has 13 fully saturated rings. The van der Waals surface area contributed by atoms with Gasteiger partial charge in [-0.2, -0.15) is 0 Å². The van der Waals surface area contributed by atoms with Crippen molar-refractivity contribution in [1.29, 1.82) is 0 Å². The van der Waals surface area contributed by atoms with Crippen molar-refractivity contribution in [2.24, 2.45) is 94.7 Å². The summed E-state index contributed by atoms with van der Waals surface area (Å²) in [6.45, 7) is 15.9. The lowest BCUT2D eigenvalue weighted by Gasteiger charge is -2.53. The molecule has 13 aliphatic rings. The van der Waals surface area contributed by atoms with Gasteiger partial charge >= 0.3 is 0 Å². The van der Waals surface area contributed by atoms with Crippen LogP contribution in [0.3, 0.4) is 0 Å². The van der Waals surface area contributed by atoms with Crippen LogP contribution in [0.5, 0.6) is 0 Å². The lowest BCUT2D eigenvalue weighted by molar-refractivity contribution is -0.0121. The van der Waals surface area contributed by atoms with Crippen molar-refractivity contribution in [2.45, 2.75) is 268 Å². The Hall–Kier alpha value is -0.240. The minimum Gasteiger partial charge on any atom is -0.312 e. The monoisotopic (exact) mass is 935 g/mol. The van der Waals surface area contributed by atoms with Crippen molar-refractivity contribution >= 4 is 0 Å². The molecule has 384 valence electrons. The average molecular weight is 936 g/mol. The summed E-state index contributed by atoms with van der Waals surface area (Å²) in [7, 11) is 0. The second-order valence-corrected chi connectivity index (χ2v) is 28.7. The number of piperidine rings is 4. The number of rotatable bonds is 6. The first kappa shape index (κ1) is 47.5. The predicted octanol–water partition coefficient (Wildman–Crippen LogP) is 11.7. The van der Waals surface area contributed by atoms with Crippen LogP contribution in [0.2, 0.25) is 0 Å². The van der Waals surface area contributed by atoms with Crippen LogP contribution >= 0.6 is 0 Å². The van der Waals surface area contributed by atoms with Crippen LogP contribution in [0.15, 0.2) is 0 Å². The SMILES string of the molecule is CC1CC(C2CCC(N3C4CCCCC4C4C5C6CCCCC6N(C6CCC(C7CC(C)C(C8CCNC9CCCNC98)C(C)C7)CC6)C5CCC43)CC2)CC(C)C1C1CCNC2CCCNC21. The van der Waals surface area contributed by atoms with Crippen LogP contribution in [0.25, 0.3) is 0 Å². The summed E-state index contributed by atoms with van der Waals surface area (Å²) in [6.07, 6.45) is 42.2. The molecule has 0 aromatic rings. The highest BCUT2D eigenvalue weighted by Gasteiger charge is 2.64. The Morgan fingerprint density at radius 3 is 1.10 bits per heavy atom. The summed E-state index contributed by atoms with van der Waals surface area (Å²) >= 11 is 0. The summed E-state index contributed by atoms with van der Waals surface area (Å²) < 4.78 is 0. The van der Waals surface area contributed by atoms with E-state index in [2.05, 4.69) is 58.8 Å². The standard InChI is InChI=1S/C62H106N6/c1-37-33-43(34-38(2)57(37)49-27-31-63-51-13-9-29-65-61(49)51)41-17-21-45(22-18-41)67-53-15-7-5-11-47(53)59-55(67)25-26-56-60(59)48-12-6-8-16-54(48)68(56)46-23-19-42(20-24-46)44-35-39(3)58(40(4)36-44)50-28-32-64-52-14-10-30-66-62(50)52/h37-66H,5-36H2,1-4H3. The molecule has 6 nitrogen and oxygen atoms in total. The number of likely N-dealkylation sites (tertiary alicyclic amines) is 2. The Kier molecular flexibility index (Phi) is 14.1. The number of nitrogens with one attached hydrogen (secondary N) is 4. The van der Waals surface area contributed by atoms with Crippen LogP contribution < -0.4 is 21.3 Å². The summed E-state index contributed by atoms with van der Waals surface area (Å²) in [5, 5.41) is 16.0. The zero-order valence-electron chi connectivity index (χ0n) is 44.5. The third-order valence-electron chi connectivity index (χ3n) is 25.9. The topological polar surface area (TPSA) is 54.6 Å². The van der Waals surface area contributed by atoms with E-state index in [9.17, 15) is 0 Å². The Bertz CT molecular complexity index is 1520. The molecule has 7 aliphatic carbocycles. The van der Waals surface area contributed by atoms with E-state index >= 15 is 0 Å². The van der Waals surface area contributed by atoms with E-state index in [0.29, 0.717) is 0 Å². The van der Waals surface area contributed by atoms with Crippen molar-refractivity contribution in [3.8, 4) is 0 Å². The van der Waals surface area contributed by atoms with Gasteiger partial charge in [0.15, 0.2) is 0 Å². The molecular weight excluding hydrogens is 829 g/mol. The van der Waals surface area contributed by atoms with Gasteiger partial charge < -0.3 is 21.3 Å². The van der Waals surface area contributed by atoms with Gasteiger partial charge in [0.1, 0.15) is 0 Å². The van der Waals surface area contributed by atoms with Gasteiger partial charge in [0.05, 0.1) is 0 Å². The zero-order valence-corrected chi connectivity index (χ0v) is 44.5. The third-order valence-corrected chi connectivity index (χ3v) is 25.9. The van der Waals surface area contributed by atoms with E-state index in [1.54, 1.807) is 51.4 Å². The van der Waals surface area contributed by atoms with Crippen molar-refractivity contribution in [3.63, 3.8) is 0 Å². The molecule has 0 amide bonds. The highest BCUT2D eigenvalue weighted by molar-refractivity contribution is 5.17. The summed E-state index contributed by atoms with van der Waals surface area (Å²) in [4.78, 5) is 6.82. The highest BCUT2D eigenvalue weighted by atomic mass is 15.3. The van der Waals surface area contributed by atoms with Crippen molar-refractivity contribution < 1.29 is 0 Å². The molecule has 7 saturated carbocycles. The fraction of sp³-hybridized carbons (Fsp3) is 1.00. The number of hydrogen-bond donors (Lipinski definition) is 4. The lowest BCUT2D eigenvalue weighted by Crippen LogP contribution is -2.62. The normalized spacial score (nSPS) is 55.8. The molecule has 68 heavy (non-hydrogen) atoms. The quantitative estimate of drug-likeness (QED) is 0.213. The molecule has 6 heterocycles. The molecule has 0 aromatic heterocycles. The molecule has 0 spiro atoms. The van der Waals surface area contributed by atoms with Crippen LogP contribution in [-0.4, -0.2) is 96.4 Å². The minimum absolute atomic E-state index is 0.735. The van der Waals surface area contributed by atoms with Crippen molar-refractivity contribution in [3.05, 3.63) is 0 Å². The zero-order chi connectivity index (χ0) is 45.6. The summed E-state index contributed by atoms with van der Waals surface area (Å²) in [5.74, 6) is 15.4. The van der Waals surface area contributed by atoms with Crippen molar-refractivity contribution in [2.75, 3.05) is 26.2 Å². The van der Waals surface area contributed by atoms with Crippen LogP contribution in [-0.2, 0) is 0 Å². The smallest absolute Gasteiger partial charge is 0.0252 e. The van der Waals surface area contributed by atoms with E-state index in [1.165, 1.54) is 155 Å². The van der Waals surface area contributed by atoms with E-state index in [0.717, 1.165) is 155 Å². The van der Waals surface area contributed by atoms with Gasteiger partial charge in [-0.05, 0) is 275 Å². The van der Waals surface area contributed by atoms with E-state index in [4.69, 9.17) is 0 Å². The van der Waals surface area contributed by atoms with E-state index < -0.39 is 0 Å². The molecule has 0 radical (unpaired) electrons. The van der Waals surface area contributed by atoms with E-state index in [-0.39, 0.29) is 0 Å². The molecule has 6 heteroatoms. The Balaban J connectivity index is 0.652. The maximum atomic E-state index is 4.05. The Morgan fingerprint density at radius 2 is 0.691 bits per heavy atom.